The Bertz CT molecular complexity index is 553. The molecule has 100 valence electrons. The van der Waals surface area contributed by atoms with E-state index in [1.807, 2.05) is 11.9 Å². The van der Waals surface area contributed by atoms with E-state index in [0.29, 0.717) is 12.2 Å². The molecular formula is C15H16F2N2. The van der Waals surface area contributed by atoms with Crippen molar-refractivity contribution in [2.24, 2.45) is 0 Å². The van der Waals surface area contributed by atoms with Gasteiger partial charge >= 0.3 is 0 Å². The van der Waals surface area contributed by atoms with Crippen molar-refractivity contribution in [2.45, 2.75) is 6.42 Å². The summed E-state index contributed by atoms with van der Waals surface area (Å²) in [6.45, 7) is 0.680. The molecule has 2 aromatic carbocycles. The Morgan fingerprint density at radius 1 is 1.05 bits per heavy atom. The van der Waals surface area contributed by atoms with Crippen molar-refractivity contribution < 1.29 is 8.78 Å². The van der Waals surface area contributed by atoms with Crippen LogP contribution in [0.25, 0.3) is 0 Å². The zero-order valence-corrected chi connectivity index (χ0v) is 10.7. The average Bonchev–Trinajstić information content (AvgIpc) is 2.41. The molecule has 0 aliphatic rings. The number of nitrogens with two attached hydrogens (primary N) is 1. The Kier molecular flexibility index (Phi) is 4.00. The van der Waals surface area contributed by atoms with Crippen LogP contribution < -0.4 is 10.6 Å². The molecule has 19 heavy (non-hydrogen) atoms. The molecule has 0 unspecified atom stereocenters. The molecule has 2 rings (SSSR count). The number of hydrogen-bond acceptors (Lipinski definition) is 2. The molecule has 2 N–H and O–H groups in total. The van der Waals surface area contributed by atoms with Gasteiger partial charge in [-0.1, -0.05) is 18.2 Å². The first-order chi connectivity index (χ1) is 9.08. The van der Waals surface area contributed by atoms with Gasteiger partial charge < -0.3 is 10.6 Å². The molecule has 0 aliphatic carbocycles. The van der Waals surface area contributed by atoms with Crippen LogP contribution in [0.15, 0.2) is 42.5 Å². The van der Waals surface area contributed by atoms with E-state index in [-0.39, 0.29) is 11.5 Å². The van der Waals surface area contributed by atoms with Crippen LogP contribution in [-0.2, 0) is 6.42 Å². The zero-order valence-electron chi connectivity index (χ0n) is 10.7. The maximum atomic E-state index is 13.4. The van der Waals surface area contributed by atoms with E-state index in [1.54, 1.807) is 24.3 Å². The van der Waals surface area contributed by atoms with Gasteiger partial charge in [-0.3, -0.25) is 0 Å². The number of likely N-dealkylation sites (N-methyl/N-ethyl adjacent to an activating group) is 1. The summed E-state index contributed by atoms with van der Waals surface area (Å²) in [7, 11) is 1.86. The molecule has 0 saturated carbocycles. The van der Waals surface area contributed by atoms with Gasteiger partial charge in [0.15, 0.2) is 0 Å². The van der Waals surface area contributed by atoms with Gasteiger partial charge in [-0.15, -0.1) is 0 Å². The highest BCUT2D eigenvalue weighted by atomic mass is 19.1. The summed E-state index contributed by atoms with van der Waals surface area (Å²) >= 11 is 0. The molecular weight excluding hydrogens is 246 g/mol. The molecule has 0 spiro atoms. The van der Waals surface area contributed by atoms with Crippen LogP contribution in [0.2, 0.25) is 0 Å². The van der Waals surface area contributed by atoms with Crippen LogP contribution in [-0.4, -0.2) is 13.6 Å². The first-order valence-corrected chi connectivity index (χ1v) is 6.07. The fourth-order valence-electron chi connectivity index (χ4n) is 1.93. The third-order valence-corrected chi connectivity index (χ3v) is 3.09. The number of hydrogen-bond donors (Lipinski definition) is 1. The molecule has 0 atom stereocenters. The summed E-state index contributed by atoms with van der Waals surface area (Å²) in [6, 6.07) is 11.1. The molecule has 2 nitrogen and oxygen atoms in total. The fourth-order valence-corrected chi connectivity index (χ4v) is 1.93. The Balaban J connectivity index is 2.03. The molecule has 0 aliphatic heterocycles. The fraction of sp³-hybridized carbons (Fsp3) is 0.200. The van der Waals surface area contributed by atoms with Gasteiger partial charge in [-0.25, -0.2) is 8.78 Å². The minimum atomic E-state index is -0.411. The second-order valence-corrected chi connectivity index (χ2v) is 4.47. The number of nitrogen functional groups attached to an aromatic ring is 1. The molecule has 0 bridgehead atoms. The Morgan fingerprint density at radius 3 is 2.42 bits per heavy atom. The van der Waals surface area contributed by atoms with E-state index in [9.17, 15) is 8.78 Å². The topological polar surface area (TPSA) is 29.3 Å². The minimum Gasteiger partial charge on any atom is -0.395 e. The highest BCUT2D eigenvalue weighted by Gasteiger charge is 2.08. The summed E-state index contributed by atoms with van der Waals surface area (Å²) < 4.78 is 26.1. The Labute approximate surface area is 111 Å². The van der Waals surface area contributed by atoms with Crippen LogP contribution in [0.4, 0.5) is 20.2 Å². The third-order valence-electron chi connectivity index (χ3n) is 3.09. The molecule has 0 saturated heterocycles. The van der Waals surface area contributed by atoms with Crippen molar-refractivity contribution in [1.29, 1.82) is 0 Å². The summed E-state index contributed by atoms with van der Waals surface area (Å²) in [6.07, 6.45) is 0.743. The van der Waals surface area contributed by atoms with Gasteiger partial charge in [0.05, 0.1) is 11.4 Å². The van der Waals surface area contributed by atoms with Crippen molar-refractivity contribution in [3.63, 3.8) is 0 Å². The normalized spacial score (nSPS) is 10.5. The van der Waals surface area contributed by atoms with E-state index in [0.717, 1.165) is 12.0 Å². The molecule has 0 heterocycles. The molecule has 0 aromatic heterocycles. The maximum Gasteiger partial charge on any atom is 0.148 e. The van der Waals surface area contributed by atoms with Gasteiger partial charge in [0.2, 0.25) is 0 Å². The monoisotopic (exact) mass is 262 g/mol. The smallest absolute Gasteiger partial charge is 0.148 e. The highest BCUT2D eigenvalue weighted by molar-refractivity contribution is 5.67. The largest absolute Gasteiger partial charge is 0.395 e. The first-order valence-electron chi connectivity index (χ1n) is 6.07. The van der Waals surface area contributed by atoms with Crippen molar-refractivity contribution in [3.05, 3.63) is 59.7 Å². The van der Waals surface area contributed by atoms with Crippen molar-refractivity contribution in [2.75, 3.05) is 24.2 Å². The van der Waals surface area contributed by atoms with Crippen LogP contribution in [0.3, 0.4) is 0 Å². The quantitative estimate of drug-likeness (QED) is 0.857. The third kappa shape index (κ3) is 3.22. The lowest BCUT2D eigenvalue weighted by molar-refractivity contribution is 0.626. The van der Waals surface area contributed by atoms with Crippen molar-refractivity contribution >= 4 is 11.4 Å². The van der Waals surface area contributed by atoms with Crippen LogP contribution >= 0.6 is 0 Å². The molecule has 2 aromatic rings. The second kappa shape index (κ2) is 5.69. The van der Waals surface area contributed by atoms with Crippen molar-refractivity contribution in [1.82, 2.24) is 0 Å². The predicted octanol–water partition coefficient (Wildman–Crippen LogP) is 3.23. The number of nitrogens with zero attached hydrogens (tertiary/aromatic N) is 1. The van der Waals surface area contributed by atoms with E-state index >= 15 is 0 Å². The lowest BCUT2D eigenvalue weighted by atomic mass is 10.1. The molecule has 0 amide bonds. The van der Waals surface area contributed by atoms with Crippen molar-refractivity contribution in [3.8, 4) is 0 Å². The first kappa shape index (κ1) is 13.3. The summed E-state index contributed by atoms with van der Waals surface area (Å²) in [5.74, 6) is -0.655. The molecule has 4 heteroatoms. The lowest BCUT2D eigenvalue weighted by Gasteiger charge is -2.21. The lowest BCUT2D eigenvalue weighted by Crippen LogP contribution is -2.21. The van der Waals surface area contributed by atoms with E-state index in [4.69, 9.17) is 5.73 Å². The van der Waals surface area contributed by atoms with Gasteiger partial charge in [0.1, 0.15) is 11.6 Å². The van der Waals surface area contributed by atoms with Gasteiger partial charge in [-0.2, -0.15) is 0 Å². The zero-order chi connectivity index (χ0) is 13.8. The number of halogens is 2. The maximum absolute atomic E-state index is 13.4. The van der Waals surface area contributed by atoms with Crippen LogP contribution in [0.1, 0.15) is 5.56 Å². The van der Waals surface area contributed by atoms with Crippen LogP contribution in [0, 0.1) is 11.6 Å². The average molecular weight is 262 g/mol. The highest BCUT2D eigenvalue weighted by Crippen LogP contribution is 2.24. The van der Waals surface area contributed by atoms with Gasteiger partial charge in [-0.05, 0) is 36.2 Å². The summed E-state index contributed by atoms with van der Waals surface area (Å²) in [5.41, 5.74) is 7.56. The SMILES string of the molecule is CN(CCc1ccc(F)cc1)c1cccc(F)c1N. The number of rotatable bonds is 4. The summed E-state index contributed by atoms with van der Waals surface area (Å²) in [4.78, 5) is 1.89. The Morgan fingerprint density at radius 2 is 1.74 bits per heavy atom. The number of para-hydroxylation sites is 1. The molecule has 0 radical (unpaired) electrons. The number of benzene rings is 2. The van der Waals surface area contributed by atoms with Gasteiger partial charge in [0, 0.05) is 13.6 Å². The van der Waals surface area contributed by atoms with E-state index in [2.05, 4.69) is 0 Å². The Hall–Kier alpha value is -2.10. The minimum absolute atomic E-state index is 0.157. The number of anilines is 2. The standard InChI is InChI=1S/C15H16F2N2/c1-19(14-4-2-3-13(17)15(14)18)10-9-11-5-7-12(16)8-6-11/h2-8H,9-10,18H2,1H3. The van der Waals surface area contributed by atoms with E-state index < -0.39 is 5.82 Å². The van der Waals surface area contributed by atoms with Gasteiger partial charge in [0.25, 0.3) is 0 Å². The second-order valence-electron chi connectivity index (χ2n) is 4.47. The van der Waals surface area contributed by atoms with Crippen LogP contribution in [0.5, 0.6) is 0 Å². The predicted molar refractivity (Wildman–Crippen MR) is 74.2 cm³/mol. The summed E-state index contributed by atoms with van der Waals surface area (Å²) in [5, 5.41) is 0. The molecule has 0 fully saturated rings. The van der Waals surface area contributed by atoms with E-state index in [1.165, 1.54) is 18.2 Å².